The second kappa shape index (κ2) is 7.54. The van der Waals surface area contributed by atoms with Crippen LogP contribution < -0.4 is 0 Å². The number of allylic oxidation sites excluding steroid dienone is 1. The molecule has 118 valence electrons. The lowest BCUT2D eigenvalue weighted by Gasteiger charge is -2.05. The first-order valence-corrected chi connectivity index (χ1v) is 7.60. The third kappa shape index (κ3) is 4.92. The van der Waals surface area contributed by atoms with Gasteiger partial charge in [0, 0.05) is 5.56 Å². The van der Waals surface area contributed by atoms with Crippen molar-refractivity contribution in [2.24, 2.45) is 5.92 Å². The molecule has 3 heteroatoms. The van der Waals surface area contributed by atoms with E-state index in [-0.39, 0.29) is 11.3 Å². The Labute approximate surface area is 136 Å². The van der Waals surface area contributed by atoms with Crippen molar-refractivity contribution in [2.45, 2.75) is 20.3 Å². The Morgan fingerprint density at radius 1 is 0.957 bits per heavy atom. The number of ketones is 1. The predicted molar refractivity (Wildman–Crippen MR) is 91.7 cm³/mol. The predicted octanol–water partition coefficient (Wildman–Crippen LogP) is 4.48. The number of hydrogen-bond donors (Lipinski definition) is 1. The molecular weight excluding hydrogens is 288 g/mol. The molecule has 1 N–H and O–H groups in total. The zero-order valence-electron chi connectivity index (χ0n) is 13.3. The fourth-order valence-corrected chi connectivity index (χ4v) is 2.28. The highest BCUT2D eigenvalue weighted by Gasteiger charge is 2.04. The molecule has 0 heterocycles. The maximum absolute atomic E-state index is 12.1. The fourth-order valence-electron chi connectivity index (χ4n) is 2.28. The second-order valence-corrected chi connectivity index (χ2v) is 5.92. The summed E-state index contributed by atoms with van der Waals surface area (Å²) in [5.41, 5.74) is 2.90. The zero-order valence-corrected chi connectivity index (χ0v) is 13.3. The van der Waals surface area contributed by atoms with Gasteiger partial charge in [0.15, 0.2) is 5.78 Å². The molecule has 2 aromatic carbocycles. The van der Waals surface area contributed by atoms with Crippen LogP contribution >= 0.6 is 0 Å². The average Bonchev–Trinajstić information content (AvgIpc) is 2.53. The highest BCUT2D eigenvalue weighted by Crippen LogP contribution is 2.12. The second-order valence-electron chi connectivity index (χ2n) is 5.92. The van der Waals surface area contributed by atoms with Crippen LogP contribution in [-0.4, -0.2) is 16.9 Å². The first kappa shape index (κ1) is 16.7. The van der Waals surface area contributed by atoms with E-state index in [4.69, 9.17) is 5.11 Å². The highest BCUT2D eigenvalue weighted by molar-refractivity contribution is 6.06. The van der Waals surface area contributed by atoms with Crippen molar-refractivity contribution in [2.75, 3.05) is 0 Å². The monoisotopic (exact) mass is 308 g/mol. The van der Waals surface area contributed by atoms with E-state index in [2.05, 4.69) is 13.8 Å². The minimum atomic E-state index is -0.960. The molecule has 0 saturated carbocycles. The molecule has 0 bridgehead atoms. The van der Waals surface area contributed by atoms with Crippen LogP contribution in [0.15, 0.2) is 54.6 Å². The Bertz CT molecular complexity index is 708. The standard InChI is InChI=1S/C20H20O3/c1-14(2)13-16-5-8-17(9-6-16)19(21)12-7-15-3-10-18(11-4-15)20(22)23/h3-12,14H,13H2,1-2H3,(H,22,23)/b12-7+. The maximum atomic E-state index is 12.1. The van der Waals surface area contributed by atoms with E-state index in [1.165, 1.54) is 23.8 Å². The molecular formula is C20H20O3. The number of carboxylic acid groups (broad SMARTS) is 1. The van der Waals surface area contributed by atoms with Gasteiger partial charge in [-0.15, -0.1) is 0 Å². The van der Waals surface area contributed by atoms with Crippen LogP contribution in [0.4, 0.5) is 0 Å². The molecule has 2 rings (SSSR count). The molecule has 0 unspecified atom stereocenters. The van der Waals surface area contributed by atoms with Crippen molar-refractivity contribution in [3.63, 3.8) is 0 Å². The molecule has 0 aliphatic rings. The van der Waals surface area contributed by atoms with E-state index in [0.717, 1.165) is 12.0 Å². The summed E-state index contributed by atoms with van der Waals surface area (Å²) in [5, 5.41) is 8.85. The summed E-state index contributed by atoms with van der Waals surface area (Å²) in [6, 6.07) is 14.1. The number of carboxylic acids is 1. The third-order valence-electron chi connectivity index (χ3n) is 3.47. The highest BCUT2D eigenvalue weighted by atomic mass is 16.4. The van der Waals surface area contributed by atoms with E-state index < -0.39 is 5.97 Å². The van der Waals surface area contributed by atoms with Crippen LogP contribution in [0.5, 0.6) is 0 Å². The van der Waals surface area contributed by atoms with Gasteiger partial charge >= 0.3 is 5.97 Å². The normalized spacial score (nSPS) is 11.1. The lowest BCUT2D eigenvalue weighted by molar-refractivity contribution is 0.0696. The Kier molecular flexibility index (Phi) is 5.47. The number of benzene rings is 2. The molecule has 0 atom stereocenters. The summed E-state index contributed by atoms with van der Waals surface area (Å²) in [6.45, 7) is 4.33. The van der Waals surface area contributed by atoms with Gasteiger partial charge in [-0.25, -0.2) is 4.79 Å². The van der Waals surface area contributed by atoms with Crippen molar-refractivity contribution in [1.29, 1.82) is 0 Å². The first-order valence-electron chi connectivity index (χ1n) is 7.60. The lowest BCUT2D eigenvalue weighted by Crippen LogP contribution is -1.97. The van der Waals surface area contributed by atoms with Gasteiger partial charge in [-0.05, 0) is 41.7 Å². The van der Waals surface area contributed by atoms with Crippen molar-refractivity contribution in [3.8, 4) is 0 Å². The SMILES string of the molecule is CC(C)Cc1ccc(C(=O)/C=C/c2ccc(C(=O)O)cc2)cc1. The molecule has 0 aliphatic heterocycles. The van der Waals surface area contributed by atoms with Gasteiger partial charge in [-0.2, -0.15) is 0 Å². The van der Waals surface area contributed by atoms with Gasteiger partial charge in [0.25, 0.3) is 0 Å². The van der Waals surface area contributed by atoms with E-state index >= 15 is 0 Å². The third-order valence-corrected chi connectivity index (χ3v) is 3.47. The quantitative estimate of drug-likeness (QED) is 0.632. The maximum Gasteiger partial charge on any atom is 0.335 e. The number of rotatable bonds is 6. The van der Waals surface area contributed by atoms with Crippen LogP contribution in [0.25, 0.3) is 6.08 Å². The summed E-state index contributed by atoms with van der Waals surface area (Å²) in [7, 11) is 0. The smallest absolute Gasteiger partial charge is 0.335 e. The van der Waals surface area contributed by atoms with Gasteiger partial charge in [0.05, 0.1) is 5.56 Å². The first-order chi connectivity index (χ1) is 11.0. The molecule has 2 aromatic rings. The van der Waals surface area contributed by atoms with Crippen LogP contribution in [0.2, 0.25) is 0 Å². The molecule has 0 spiro atoms. The zero-order chi connectivity index (χ0) is 16.8. The van der Waals surface area contributed by atoms with Crippen molar-refractivity contribution >= 4 is 17.8 Å². The number of carbonyl (C=O) groups is 2. The van der Waals surface area contributed by atoms with Crippen LogP contribution in [0.3, 0.4) is 0 Å². The average molecular weight is 308 g/mol. The van der Waals surface area contributed by atoms with E-state index in [0.29, 0.717) is 11.5 Å². The summed E-state index contributed by atoms with van der Waals surface area (Å²) in [4.78, 5) is 22.9. The van der Waals surface area contributed by atoms with Crippen LogP contribution in [-0.2, 0) is 6.42 Å². The van der Waals surface area contributed by atoms with Crippen LogP contribution in [0, 0.1) is 5.92 Å². The van der Waals surface area contributed by atoms with Gasteiger partial charge in [0.2, 0.25) is 0 Å². The van der Waals surface area contributed by atoms with E-state index in [9.17, 15) is 9.59 Å². The van der Waals surface area contributed by atoms with Crippen molar-refractivity contribution in [1.82, 2.24) is 0 Å². The Balaban J connectivity index is 2.04. The molecule has 0 saturated heterocycles. The topological polar surface area (TPSA) is 54.4 Å². The molecule has 0 radical (unpaired) electrons. The minimum absolute atomic E-state index is 0.0663. The summed E-state index contributed by atoms with van der Waals surface area (Å²) in [5.74, 6) is -0.438. The van der Waals surface area contributed by atoms with Gasteiger partial charge < -0.3 is 5.11 Å². The van der Waals surface area contributed by atoms with E-state index in [1.54, 1.807) is 18.2 Å². The molecule has 0 amide bonds. The summed E-state index contributed by atoms with van der Waals surface area (Å²) in [6.07, 6.45) is 4.20. The summed E-state index contributed by atoms with van der Waals surface area (Å²) >= 11 is 0. The fraction of sp³-hybridized carbons (Fsp3) is 0.200. The summed E-state index contributed by atoms with van der Waals surface area (Å²) < 4.78 is 0. The lowest BCUT2D eigenvalue weighted by atomic mass is 10.0. The van der Waals surface area contributed by atoms with Gasteiger partial charge in [0.1, 0.15) is 0 Å². The Morgan fingerprint density at radius 2 is 1.52 bits per heavy atom. The molecule has 0 aliphatic carbocycles. The number of hydrogen-bond acceptors (Lipinski definition) is 2. The van der Waals surface area contributed by atoms with Gasteiger partial charge in [-0.1, -0.05) is 56.3 Å². The van der Waals surface area contributed by atoms with Crippen LogP contribution in [0.1, 0.15) is 45.7 Å². The van der Waals surface area contributed by atoms with Crippen molar-refractivity contribution < 1.29 is 14.7 Å². The molecule has 23 heavy (non-hydrogen) atoms. The minimum Gasteiger partial charge on any atom is -0.478 e. The number of carbonyl (C=O) groups excluding carboxylic acids is 1. The van der Waals surface area contributed by atoms with Gasteiger partial charge in [-0.3, -0.25) is 4.79 Å². The number of aromatic carboxylic acids is 1. The molecule has 0 fully saturated rings. The molecule has 3 nitrogen and oxygen atoms in total. The molecule has 0 aromatic heterocycles. The van der Waals surface area contributed by atoms with Crippen molar-refractivity contribution in [3.05, 3.63) is 76.9 Å². The Morgan fingerprint density at radius 3 is 2.04 bits per heavy atom. The largest absolute Gasteiger partial charge is 0.478 e. The van der Waals surface area contributed by atoms with E-state index in [1.807, 2.05) is 24.3 Å². The Hall–Kier alpha value is -2.68.